The Balaban J connectivity index is 2.22. The summed E-state index contributed by atoms with van der Waals surface area (Å²) in [5, 5.41) is 5.00. The van der Waals surface area contributed by atoms with Gasteiger partial charge >= 0.3 is 5.97 Å². The van der Waals surface area contributed by atoms with Crippen molar-refractivity contribution in [3.63, 3.8) is 0 Å². The molecule has 1 aromatic carbocycles. The number of carbonyl (C=O) groups excluding carboxylic acids is 1. The van der Waals surface area contributed by atoms with E-state index in [9.17, 15) is 21.6 Å². The Bertz CT molecular complexity index is 802. The fraction of sp³-hybridized carbons (Fsp3) is 0.500. The molecule has 1 fully saturated rings. The summed E-state index contributed by atoms with van der Waals surface area (Å²) >= 11 is 0. The lowest BCUT2D eigenvalue weighted by Crippen LogP contribution is -2.42. The molecule has 1 aromatic rings. The third kappa shape index (κ3) is 4.12. The Hall–Kier alpha value is -1.49. The molecule has 0 unspecified atom stereocenters. The summed E-state index contributed by atoms with van der Waals surface area (Å²) in [5.41, 5.74) is 0. The molecule has 1 atom stereocenters. The molecule has 1 saturated heterocycles. The highest BCUT2D eigenvalue weighted by molar-refractivity contribution is 7.89. The summed E-state index contributed by atoms with van der Waals surface area (Å²) in [5.74, 6) is -0.890. The molecule has 0 aromatic heterocycles. The lowest BCUT2D eigenvalue weighted by Gasteiger charge is -2.30. The van der Waals surface area contributed by atoms with Gasteiger partial charge in [-0.2, -0.15) is 4.31 Å². The first kappa shape index (κ1) is 18.8. The summed E-state index contributed by atoms with van der Waals surface area (Å²) < 4.78 is 54.0. The van der Waals surface area contributed by atoms with E-state index in [0.29, 0.717) is 19.4 Å². The summed E-state index contributed by atoms with van der Waals surface area (Å²) in [4.78, 5) is 11.6. The normalized spacial score (nSPS) is 19.8. The van der Waals surface area contributed by atoms with Gasteiger partial charge < -0.3 is 4.74 Å². The number of carbonyl (C=O) groups is 1. The molecule has 1 heterocycles. The van der Waals surface area contributed by atoms with Crippen molar-refractivity contribution in [2.24, 2.45) is 11.1 Å². The van der Waals surface area contributed by atoms with E-state index in [1.807, 2.05) is 0 Å². The largest absolute Gasteiger partial charge is 0.466 e. The number of primary sulfonamides is 1. The molecule has 134 valence electrons. The van der Waals surface area contributed by atoms with Crippen LogP contribution in [0.4, 0.5) is 0 Å². The number of benzene rings is 1. The van der Waals surface area contributed by atoms with Crippen molar-refractivity contribution in [2.75, 3.05) is 19.7 Å². The van der Waals surface area contributed by atoms with Gasteiger partial charge in [-0.25, -0.2) is 22.0 Å². The smallest absolute Gasteiger partial charge is 0.310 e. The quantitative estimate of drug-likeness (QED) is 0.737. The summed E-state index contributed by atoms with van der Waals surface area (Å²) in [6.07, 6.45) is 1.13. The second kappa shape index (κ2) is 7.18. The fourth-order valence-electron chi connectivity index (χ4n) is 2.56. The minimum absolute atomic E-state index is 0.0422. The average molecular weight is 376 g/mol. The van der Waals surface area contributed by atoms with E-state index in [1.54, 1.807) is 6.92 Å². The molecule has 1 aliphatic heterocycles. The number of nitrogens with zero attached hydrogens (tertiary/aromatic N) is 1. The molecule has 8 nitrogen and oxygen atoms in total. The molecule has 2 N–H and O–H groups in total. The second-order valence-electron chi connectivity index (χ2n) is 5.47. The van der Waals surface area contributed by atoms with E-state index < -0.39 is 31.9 Å². The molecular weight excluding hydrogens is 356 g/mol. The van der Waals surface area contributed by atoms with Gasteiger partial charge in [0.05, 0.1) is 22.3 Å². The van der Waals surface area contributed by atoms with Crippen LogP contribution in [0.15, 0.2) is 34.1 Å². The Kier molecular flexibility index (Phi) is 5.63. The third-order valence-electron chi connectivity index (χ3n) is 3.79. The van der Waals surface area contributed by atoms with Crippen LogP contribution in [0.1, 0.15) is 19.8 Å². The van der Waals surface area contributed by atoms with E-state index in [-0.39, 0.29) is 22.9 Å². The van der Waals surface area contributed by atoms with Crippen molar-refractivity contribution in [3.05, 3.63) is 24.3 Å². The van der Waals surface area contributed by atoms with Crippen molar-refractivity contribution in [1.82, 2.24) is 4.31 Å². The Morgan fingerprint density at radius 1 is 1.21 bits per heavy atom. The first-order valence-electron chi connectivity index (χ1n) is 7.46. The van der Waals surface area contributed by atoms with E-state index in [2.05, 4.69) is 0 Å². The first-order valence-corrected chi connectivity index (χ1v) is 10.4. The minimum Gasteiger partial charge on any atom is -0.466 e. The molecule has 1 aliphatic rings. The van der Waals surface area contributed by atoms with Gasteiger partial charge in [-0.1, -0.05) is 0 Å². The Morgan fingerprint density at radius 2 is 1.79 bits per heavy atom. The summed E-state index contributed by atoms with van der Waals surface area (Å²) in [6, 6.07) is 4.69. The monoisotopic (exact) mass is 376 g/mol. The van der Waals surface area contributed by atoms with Gasteiger partial charge in [-0.05, 0) is 44.0 Å². The van der Waals surface area contributed by atoms with Gasteiger partial charge in [0.1, 0.15) is 0 Å². The van der Waals surface area contributed by atoms with Crippen LogP contribution in [-0.4, -0.2) is 46.8 Å². The predicted molar refractivity (Wildman–Crippen MR) is 85.9 cm³/mol. The number of hydrogen-bond acceptors (Lipinski definition) is 6. The van der Waals surface area contributed by atoms with Crippen LogP contribution < -0.4 is 5.14 Å². The highest BCUT2D eigenvalue weighted by Gasteiger charge is 2.34. The number of rotatable bonds is 5. The van der Waals surface area contributed by atoms with Gasteiger partial charge in [0.25, 0.3) is 0 Å². The van der Waals surface area contributed by atoms with Crippen molar-refractivity contribution in [1.29, 1.82) is 0 Å². The van der Waals surface area contributed by atoms with Crippen molar-refractivity contribution >= 4 is 26.0 Å². The first-order chi connectivity index (χ1) is 11.2. The fourth-order valence-corrected chi connectivity index (χ4v) is 4.60. The van der Waals surface area contributed by atoms with E-state index in [0.717, 1.165) is 12.1 Å². The molecule has 0 spiro atoms. The number of hydrogen-bond donors (Lipinski definition) is 1. The van der Waals surface area contributed by atoms with Crippen LogP contribution in [0.3, 0.4) is 0 Å². The topological polar surface area (TPSA) is 124 Å². The average Bonchev–Trinajstić information content (AvgIpc) is 2.54. The maximum absolute atomic E-state index is 12.7. The van der Waals surface area contributed by atoms with E-state index in [1.165, 1.54) is 16.4 Å². The van der Waals surface area contributed by atoms with Gasteiger partial charge in [-0.3, -0.25) is 4.79 Å². The Morgan fingerprint density at radius 3 is 2.33 bits per heavy atom. The number of piperidine rings is 1. The highest BCUT2D eigenvalue weighted by atomic mass is 32.2. The van der Waals surface area contributed by atoms with Crippen LogP contribution in [0, 0.1) is 5.92 Å². The summed E-state index contributed by atoms with van der Waals surface area (Å²) in [6.45, 7) is 2.30. The Labute approximate surface area is 141 Å². The number of sulfonamides is 2. The molecule has 0 saturated carbocycles. The van der Waals surface area contributed by atoms with Crippen molar-refractivity contribution < 1.29 is 26.4 Å². The second-order valence-corrected chi connectivity index (χ2v) is 8.97. The molecular formula is C14H20N2O6S2. The SMILES string of the molecule is CCOC(=O)[C@H]1CCCN(S(=O)(=O)c2ccc(S(N)(=O)=O)cc2)C1. The highest BCUT2D eigenvalue weighted by Crippen LogP contribution is 2.25. The number of ether oxygens (including phenoxy) is 1. The molecule has 0 aliphatic carbocycles. The van der Waals surface area contributed by atoms with Gasteiger partial charge in [0.15, 0.2) is 0 Å². The molecule has 0 radical (unpaired) electrons. The van der Waals surface area contributed by atoms with Crippen molar-refractivity contribution in [2.45, 2.75) is 29.6 Å². The zero-order chi connectivity index (χ0) is 18.0. The maximum Gasteiger partial charge on any atom is 0.310 e. The minimum atomic E-state index is -3.89. The summed E-state index contributed by atoms with van der Waals surface area (Å²) in [7, 11) is -7.70. The zero-order valence-electron chi connectivity index (χ0n) is 13.2. The van der Waals surface area contributed by atoms with Crippen LogP contribution >= 0.6 is 0 Å². The van der Waals surface area contributed by atoms with E-state index >= 15 is 0 Å². The van der Waals surface area contributed by atoms with Crippen LogP contribution in [0.25, 0.3) is 0 Å². The predicted octanol–water partition coefficient (Wildman–Crippen LogP) is 0.298. The lowest BCUT2D eigenvalue weighted by molar-refractivity contribution is -0.149. The lowest BCUT2D eigenvalue weighted by atomic mass is 10.0. The number of nitrogens with two attached hydrogens (primary N) is 1. The zero-order valence-corrected chi connectivity index (χ0v) is 14.8. The van der Waals surface area contributed by atoms with Gasteiger partial charge in [0, 0.05) is 13.1 Å². The van der Waals surface area contributed by atoms with Gasteiger partial charge in [-0.15, -0.1) is 0 Å². The standard InChI is InChI=1S/C14H20N2O6S2/c1-2-22-14(17)11-4-3-9-16(10-11)24(20,21)13-7-5-12(6-8-13)23(15,18)19/h5-8,11H,2-4,9-10H2,1H3,(H2,15,18,19)/t11-/m0/s1. The molecule has 0 bridgehead atoms. The molecule has 24 heavy (non-hydrogen) atoms. The van der Waals surface area contributed by atoms with Crippen molar-refractivity contribution in [3.8, 4) is 0 Å². The third-order valence-corrected chi connectivity index (χ3v) is 6.60. The molecule has 0 amide bonds. The van der Waals surface area contributed by atoms with Crippen LogP contribution in [0.5, 0.6) is 0 Å². The van der Waals surface area contributed by atoms with Gasteiger partial charge in [0.2, 0.25) is 20.0 Å². The van der Waals surface area contributed by atoms with Crippen LogP contribution in [0.2, 0.25) is 0 Å². The van der Waals surface area contributed by atoms with Crippen LogP contribution in [-0.2, 0) is 29.6 Å². The van der Waals surface area contributed by atoms with E-state index in [4.69, 9.17) is 9.88 Å². The molecule has 2 rings (SSSR count). The maximum atomic E-state index is 12.7. The molecule has 10 heteroatoms. The number of esters is 1.